The maximum Gasteiger partial charge on any atom is 0.298 e. The third-order valence-corrected chi connectivity index (χ3v) is 5.24. The molecule has 6 heteroatoms. The van der Waals surface area contributed by atoms with Crippen LogP contribution in [-0.2, 0) is 4.79 Å². The molecule has 1 aliphatic heterocycles. The average molecular weight is 400 g/mol. The van der Waals surface area contributed by atoms with Crippen molar-refractivity contribution in [3.8, 4) is 0 Å². The number of para-hydroxylation sites is 3. The second-order valence-electron chi connectivity index (χ2n) is 6.19. The van der Waals surface area contributed by atoms with Crippen LogP contribution >= 0.6 is 15.9 Å². The van der Waals surface area contributed by atoms with Gasteiger partial charge in [0.05, 0.1) is 5.69 Å². The molecule has 0 radical (unpaired) electrons. The van der Waals surface area contributed by atoms with Crippen LogP contribution in [-0.4, -0.2) is 24.0 Å². The topological polar surface area (TPSA) is 58.4 Å². The number of carbonyl (C=O) groups is 1. The lowest BCUT2D eigenvalue weighted by molar-refractivity contribution is -0.120. The lowest BCUT2D eigenvalue weighted by Crippen LogP contribution is -2.38. The summed E-state index contributed by atoms with van der Waals surface area (Å²) in [4.78, 5) is 19.2. The summed E-state index contributed by atoms with van der Waals surface area (Å²) in [6.45, 7) is 1.53. The molecule has 0 spiro atoms. The number of oxazole rings is 1. The van der Waals surface area contributed by atoms with Gasteiger partial charge in [-0.25, -0.2) is 0 Å². The van der Waals surface area contributed by atoms with Gasteiger partial charge in [0, 0.05) is 23.5 Å². The largest absolute Gasteiger partial charge is 0.423 e. The van der Waals surface area contributed by atoms with E-state index in [0.29, 0.717) is 6.01 Å². The average Bonchev–Trinajstić information content (AvgIpc) is 3.08. The first-order chi connectivity index (χ1) is 12.2. The van der Waals surface area contributed by atoms with Crippen molar-refractivity contribution in [3.63, 3.8) is 0 Å². The number of fused-ring (bicyclic) bond motifs is 1. The first-order valence-electron chi connectivity index (χ1n) is 8.36. The van der Waals surface area contributed by atoms with Crippen LogP contribution in [0.3, 0.4) is 0 Å². The highest BCUT2D eigenvalue weighted by atomic mass is 79.9. The van der Waals surface area contributed by atoms with Crippen molar-refractivity contribution < 1.29 is 9.21 Å². The Morgan fingerprint density at radius 1 is 1.12 bits per heavy atom. The Labute approximate surface area is 154 Å². The highest BCUT2D eigenvalue weighted by molar-refractivity contribution is 9.10. The maximum absolute atomic E-state index is 12.5. The van der Waals surface area contributed by atoms with E-state index in [4.69, 9.17) is 4.42 Å². The summed E-state index contributed by atoms with van der Waals surface area (Å²) >= 11 is 3.46. The lowest BCUT2D eigenvalue weighted by atomic mass is 9.96. The van der Waals surface area contributed by atoms with Gasteiger partial charge in [0.15, 0.2) is 5.58 Å². The number of nitrogens with zero attached hydrogens (tertiary/aromatic N) is 2. The quantitative estimate of drug-likeness (QED) is 0.706. The number of halogens is 1. The number of carbonyl (C=O) groups excluding carboxylic acids is 1. The molecular weight excluding hydrogens is 382 g/mol. The molecule has 0 atom stereocenters. The second kappa shape index (κ2) is 6.88. The molecule has 1 amide bonds. The number of nitrogens with one attached hydrogen (secondary N) is 1. The number of amides is 1. The van der Waals surface area contributed by atoms with Gasteiger partial charge >= 0.3 is 0 Å². The second-order valence-corrected chi connectivity index (χ2v) is 7.05. The van der Waals surface area contributed by atoms with E-state index < -0.39 is 0 Å². The van der Waals surface area contributed by atoms with Gasteiger partial charge in [-0.1, -0.05) is 24.3 Å². The molecule has 0 saturated carbocycles. The number of piperidine rings is 1. The summed E-state index contributed by atoms with van der Waals surface area (Å²) in [5.74, 6) is 0.0804. The molecule has 1 saturated heterocycles. The van der Waals surface area contributed by atoms with Gasteiger partial charge in [-0.3, -0.25) is 4.79 Å². The van der Waals surface area contributed by atoms with E-state index in [9.17, 15) is 4.79 Å². The van der Waals surface area contributed by atoms with Crippen molar-refractivity contribution in [3.05, 3.63) is 53.0 Å². The molecule has 1 aromatic heterocycles. The molecule has 5 nitrogen and oxygen atoms in total. The van der Waals surface area contributed by atoms with E-state index in [-0.39, 0.29) is 11.8 Å². The molecule has 1 N–H and O–H groups in total. The maximum atomic E-state index is 12.5. The molecule has 0 bridgehead atoms. The van der Waals surface area contributed by atoms with Crippen molar-refractivity contribution in [2.75, 3.05) is 23.3 Å². The van der Waals surface area contributed by atoms with E-state index in [1.807, 2.05) is 48.5 Å². The Kier molecular flexibility index (Phi) is 4.44. The van der Waals surface area contributed by atoms with Crippen LogP contribution in [0.25, 0.3) is 11.1 Å². The molecule has 0 unspecified atom stereocenters. The van der Waals surface area contributed by atoms with Crippen LogP contribution in [0.2, 0.25) is 0 Å². The van der Waals surface area contributed by atoms with Gasteiger partial charge in [-0.2, -0.15) is 4.98 Å². The standard InChI is InChI=1S/C19H18BrN3O2/c20-14-5-1-2-6-15(14)21-18(24)13-9-11-23(12-10-13)19-22-16-7-3-4-8-17(16)25-19/h1-8,13H,9-12H2,(H,21,24). The zero-order valence-electron chi connectivity index (χ0n) is 13.6. The minimum absolute atomic E-state index is 0.00716. The highest BCUT2D eigenvalue weighted by Crippen LogP contribution is 2.28. The molecule has 128 valence electrons. The molecule has 2 heterocycles. The number of hydrogen-bond donors (Lipinski definition) is 1. The Morgan fingerprint density at radius 3 is 2.60 bits per heavy atom. The number of rotatable bonds is 3. The molecular formula is C19H18BrN3O2. The minimum atomic E-state index is 0.00716. The molecule has 3 aromatic rings. The van der Waals surface area contributed by atoms with Crippen molar-refractivity contribution in [1.82, 2.24) is 4.98 Å². The Balaban J connectivity index is 1.39. The van der Waals surface area contributed by atoms with E-state index in [1.54, 1.807) is 0 Å². The van der Waals surface area contributed by atoms with Gasteiger partial charge in [0.2, 0.25) is 5.91 Å². The Hall–Kier alpha value is -2.34. The van der Waals surface area contributed by atoms with E-state index in [1.165, 1.54) is 0 Å². The smallest absolute Gasteiger partial charge is 0.298 e. The zero-order chi connectivity index (χ0) is 17.2. The van der Waals surface area contributed by atoms with E-state index in [2.05, 4.69) is 31.1 Å². The molecule has 4 rings (SSSR count). The van der Waals surface area contributed by atoms with Gasteiger partial charge in [-0.05, 0) is 53.0 Å². The molecule has 1 aliphatic rings. The fourth-order valence-electron chi connectivity index (χ4n) is 3.13. The summed E-state index contributed by atoms with van der Waals surface area (Å²) in [7, 11) is 0. The number of anilines is 2. The Bertz CT molecular complexity index is 867. The highest BCUT2D eigenvalue weighted by Gasteiger charge is 2.27. The fraction of sp³-hybridized carbons (Fsp3) is 0.263. The van der Waals surface area contributed by atoms with Gasteiger partial charge in [-0.15, -0.1) is 0 Å². The zero-order valence-corrected chi connectivity index (χ0v) is 15.2. The van der Waals surface area contributed by atoms with Crippen molar-refractivity contribution in [1.29, 1.82) is 0 Å². The van der Waals surface area contributed by atoms with Crippen LogP contribution in [0.15, 0.2) is 57.4 Å². The van der Waals surface area contributed by atoms with E-state index in [0.717, 1.165) is 47.2 Å². The summed E-state index contributed by atoms with van der Waals surface area (Å²) in [5, 5.41) is 3.01. The number of hydrogen-bond acceptors (Lipinski definition) is 4. The molecule has 0 aliphatic carbocycles. The van der Waals surface area contributed by atoms with Crippen molar-refractivity contribution in [2.24, 2.45) is 5.92 Å². The predicted octanol–water partition coefficient (Wildman–Crippen LogP) is 4.45. The van der Waals surface area contributed by atoms with Crippen LogP contribution in [0.1, 0.15) is 12.8 Å². The van der Waals surface area contributed by atoms with Gasteiger partial charge in [0.25, 0.3) is 6.01 Å². The first kappa shape index (κ1) is 16.1. The Morgan fingerprint density at radius 2 is 1.84 bits per heavy atom. The summed E-state index contributed by atoms with van der Waals surface area (Å²) in [5.41, 5.74) is 2.48. The van der Waals surface area contributed by atoms with Crippen LogP contribution in [0.5, 0.6) is 0 Å². The predicted molar refractivity (Wildman–Crippen MR) is 102 cm³/mol. The third kappa shape index (κ3) is 3.39. The van der Waals surface area contributed by atoms with Gasteiger partial charge < -0.3 is 14.6 Å². The third-order valence-electron chi connectivity index (χ3n) is 4.55. The SMILES string of the molecule is O=C(Nc1ccccc1Br)C1CCN(c2nc3ccccc3o2)CC1. The van der Waals surface area contributed by atoms with Crippen LogP contribution < -0.4 is 10.2 Å². The normalized spacial score (nSPS) is 15.5. The summed E-state index contributed by atoms with van der Waals surface area (Å²) in [6.07, 6.45) is 1.57. The van der Waals surface area contributed by atoms with Crippen LogP contribution in [0, 0.1) is 5.92 Å². The van der Waals surface area contributed by atoms with Crippen molar-refractivity contribution >= 4 is 44.6 Å². The molecule has 2 aromatic carbocycles. The number of aromatic nitrogens is 1. The van der Waals surface area contributed by atoms with E-state index >= 15 is 0 Å². The summed E-state index contributed by atoms with van der Waals surface area (Å²) in [6, 6.07) is 16.1. The first-order valence-corrected chi connectivity index (χ1v) is 9.16. The monoisotopic (exact) mass is 399 g/mol. The lowest BCUT2D eigenvalue weighted by Gasteiger charge is -2.30. The number of benzene rings is 2. The van der Waals surface area contributed by atoms with Gasteiger partial charge in [0.1, 0.15) is 5.52 Å². The molecule has 25 heavy (non-hydrogen) atoms. The molecule has 1 fully saturated rings. The fourth-order valence-corrected chi connectivity index (χ4v) is 3.51. The minimum Gasteiger partial charge on any atom is -0.423 e. The van der Waals surface area contributed by atoms with Crippen molar-refractivity contribution in [2.45, 2.75) is 12.8 Å². The van der Waals surface area contributed by atoms with Crippen LogP contribution in [0.4, 0.5) is 11.7 Å². The summed E-state index contributed by atoms with van der Waals surface area (Å²) < 4.78 is 6.72.